The number of methoxy groups -OCH3 is 3. The monoisotopic (exact) mass is 376 g/mol. The third-order valence-corrected chi connectivity index (χ3v) is 4.30. The van der Waals surface area contributed by atoms with Crippen molar-refractivity contribution in [2.24, 2.45) is 5.10 Å². The lowest BCUT2D eigenvalue weighted by molar-refractivity contribution is 0.324. The zero-order chi connectivity index (χ0) is 19.8. The van der Waals surface area contributed by atoms with Gasteiger partial charge < -0.3 is 14.2 Å². The fraction of sp³-hybridized carbons (Fsp3) is 0.174. The van der Waals surface area contributed by atoms with Crippen molar-refractivity contribution in [3.63, 3.8) is 0 Å². The van der Waals surface area contributed by atoms with Gasteiger partial charge in [0.05, 0.1) is 39.8 Å². The molecule has 28 heavy (non-hydrogen) atoms. The van der Waals surface area contributed by atoms with Gasteiger partial charge in [-0.05, 0) is 29.8 Å². The SMILES string of the molecule is COc1ccc(/C=N\N(Cc2ccccc2)c2ccccc2)c(OC)c1OC. The fourth-order valence-electron chi connectivity index (χ4n) is 2.91. The van der Waals surface area contributed by atoms with Crippen LogP contribution in [0.4, 0.5) is 5.69 Å². The number of nitrogens with zero attached hydrogens (tertiary/aromatic N) is 2. The summed E-state index contributed by atoms with van der Waals surface area (Å²) in [7, 11) is 4.79. The topological polar surface area (TPSA) is 43.3 Å². The molecule has 3 aromatic carbocycles. The third-order valence-electron chi connectivity index (χ3n) is 4.30. The van der Waals surface area contributed by atoms with Crippen molar-refractivity contribution in [2.75, 3.05) is 26.3 Å². The van der Waals surface area contributed by atoms with E-state index >= 15 is 0 Å². The van der Waals surface area contributed by atoms with Crippen LogP contribution in [-0.4, -0.2) is 27.5 Å². The Bertz CT molecular complexity index is 912. The first kappa shape index (κ1) is 19.3. The Hall–Kier alpha value is -3.47. The van der Waals surface area contributed by atoms with Crippen molar-refractivity contribution in [3.8, 4) is 17.2 Å². The molecule has 0 aliphatic carbocycles. The summed E-state index contributed by atoms with van der Waals surface area (Å²) in [6, 6.07) is 24.0. The second-order valence-electron chi connectivity index (χ2n) is 6.05. The van der Waals surface area contributed by atoms with Gasteiger partial charge in [0, 0.05) is 5.56 Å². The molecular weight excluding hydrogens is 352 g/mol. The predicted molar refractivity (Wildman–Crippen MR) is 113 cm³/mol. The highest BCUT2D eigenvalue weighted by atomic mass is 16.5. The van der Waals surface area contributed by atoms with E-state index in [1.807, 2.05) is 65.7 Å². The summed E-state index contributed by atoms with van der Waals surface area (Å²) in [4.78, 5) is 0. The Morgan fingerprint density at radius 1 is 0.750 bits per heavy atom. The van der Waals surface area contributed by atoms with Crippen LogP contribution in [0.2, 0.25) is 0 Å². The van der Waals surface area contributed by atoms with Crippen LogP contribution in [0.5, 0.6) is 17.2 Å². The minimum Gasteiger partial charge on any atom is -0.493 e. The molecule has 3 aromatic rings. The molecule has 0 aromatic heterocycles. The fourth-order valence-corrected chi connectivity index (χ4v) is 2.91. The van der Waals surface area contributed by atoms with E-state index in [1.54, 1.807) is 27.5 Å². The molecule has 144 valence electrons. The highest BCUT2D eigenvalue weighted by Crippen LogP contribution is 2.39. The van der Waals surface area contributed by atoms with Gasteiger partial charge in [-0.15, -0.1) is 0 Å². The summed E-state index contributed by atoms with van der Waals surface area (Å²) >= 11 is 0. The molecule has 0 aliphatic rings. The molecule has 0 saturated carbocycles. The van der Waals surface area contributed by atoms with Crippen molar-refractivity contribution in [1.29, 1.82) is 0 Å². The first-order chi connectivity index (χ1) is 13.8. The van der Waals surface area contributed by atoms with Crippen LogP contribution in [0, 0.1) is 0 Å². The van der Waals surface area contributed by atoms with Crippen LogP contribution in [0.3, 0.4) is 0 Å². The van der Waals surface area contributed by atoms with Gasteiger partial charge >= 0.3 is 0 Å². The van der Waals surface area contributed by atoms with E-state index in [-0.39, 0.29) is 0 Å². The smallest absolute Gasteiger partial charge is 0.203 e. The van der Waals surface area contributed by atoms with Crippen LogP contribution < -0.4 is 19.2 Å². The third kappa shape index (κ3) is 4.43. The Morgan fingerprint density at radius 2 is 1.39 bits per heavy atom. The van der Waals surface area contributed by atoms with Crippen LogP contribution in [0.25, 0.3) is 0 Å². The summed E-state index contributed by atoms with van der Waals surface area (Å²) in [6.45, 7) is 0.650. The van der Waals surface area contributed by atoms with Gasteiger partial charge in [-0.2, -0.15) is 5.10 Å². The summed E-state index contributed by atoms with van der Waals surface area (Å²) in [5, 5.41) is 6.68. The van der Waals surface area contributed by atoms with E-state index in [9.17, 15) is 0 Å². The first-order valence-electron chi connectivity index (χ1n) is 8.96. The van der Waals surface area contributed by atoms with Gasteiger partial charge in [-0.3, -0.25) is 5.01 Å². The minimum absolute atomic E-state index is 0.545. The molecule has 0 unspecified atom stereocenters. The largest absolute Gasteiger partial charge is 0.493 e. The molecule has 0 aliphatic heterocycles. The predicted octanol–water partition coefficient (Wildman–Crippen LogP) is 4.75. The second kappa shape index (κ2) is 9.46. The van der Waals surface area contributed by atoms with Crippen molar-refractivity contribution >= 4 is 11.9 Å². The van der Waals surface area contributed by atoms with Gasteiger partial charge in [0.2, 0.25) is 5.75 Å². The van der Waals surface area contributed by atoms with Gasteiger partial charge in [-0.25, -0.2) is 0 Å². The molecule has 0 bridgehead atoms. The zero-order valence-corrected chi connectivity index (χ0v) is 16.3. The maximum atomic E-state index is 5.55. The normalized spacial score (nSPS) is 10.7. The lowest BCUT2D eigenvalue weighted by atomic mass is 10.2. The number of hydrogen-bond acceptors (Lipinski definition) is 5. The second-order valence-corrected chi connectivity index (χ2v) is 6.05. The number of anilines is 1. The number of ether oxygens (including phenoxy) is 3. The molecular formula is C23H24N2O3. The average Bonchev–Trinajstić information content (AvgIpc) is 2.77. The lowest BCUT2D eigenvalue weighted by Crippen LogP contribution is -2.16. The Morgan fingerprint density at radius 3 is 2.00 bits per heavy atom. The molecule has 0 fully saturated rings. The number of hydrogen-bond donors (Lipinski definition) is 0. The summed E-state index contributed by atoms with van der Waals surface area (Å²) in [6.07, 6.45) is 1.77. The molecule has 0 heterocycles. The van der Waals surface area contributed by atoms with E-state index in [1.165, 1.54) is 5.56 Å². The van der Waals surface area contributed by atoms with Gasteiger partial charge in [0.25, 0.3) is 0 Å². The van der Waals surface area contributed by atoms with Crippen LogP contribution in [0.1, 0.15) is 11.1 Å². The molecule has 0 radical (unpaired) electrons. The van der Waals surface area contributed by atoms with E-state index in [4.69, 9.17) is 19.3 Å². The van der Waals surface area contributed by atoms with Crippen molar-refractivity contribution in [3.05, 3.63) is 83.9 Å². The van der Waals surface area contributed by atoms with Crippen molar-refractivity contribution in [2.45, 2.75) is 6.54 Å². The Kier molecular flexibility index (Phi) is 6.52. The van der Waals surface area contributed by atoms with Crippen molar-refractivity contribution < 1.29 is 14.2 Å². The molecule has 5 heteroatoms. The number of hydrazone groups is 1. The highest BCUT2D eigenvalue weighted by molar-refractivity contribution is 5.86. The van der Waals surface area contributed by atoms with Gasteiger partial charge in [0.1, 0.15) is 0 Å². The van der Waals surface area contributed by atoms with Crippen LogP contribution >= 0.6 is 0 Å². The minimum atomic E-state index is 0.545. The molecule has 3 rings (SSSR count). The standard InChI is InChI=1S/C23H24N2O3/c1-26-21-15-14-19(22(27-2)23(21)28-3)16-24-25(20-12-8-5-9-13-20)17-18-10-6-4-7-11-18/h4-16H,17H2,1-3H3/b24-16-. The molecule has 0 atom stereocenters. The summed E-state index contributed by atoms with van der Waals surface area (Å²) in [5.41, 5.74) is 2.97. The molecule has 0 saturated heterocycles. The summed E-state index contributed by atoms with van der Waals surface area (Å²) < 4.78 is 16.4. The molecule has 5 nitrogen and oxygen atoms in total. The lowest BCUT2D eigenvalue weighted by Gasteiger charge is -2.20. The maximum Gasteiger partial charge on any atom is 0.203 e. The van der Waals surface area contributed by atoms with E-state index < -0.39 is 0 Å². The van der Waals surface area contributed by atoms with Gasteiger partial charge in [-0.1, -0.05) is 48.5 Å². The Balaban J connectivity index is 1.95. The van der Waals surface area contributed by atoms with Gasteiger partial charge in [0.15, 0.2) is 11.5 Å². The number of benzene rings is 3. The van der Waals surface area contributed by atoms with E-state index in [2.05, 4.69) is 12.1 Å². The molecule has 0 N–H and O–H groups in total. The highest BCUT2D eigenvalue weighted by Gasteiger charge is 2.15. The first-order valence-corrected chi connectivity index (χ1v) is 8.96. The Labute approximate surface area is 165 Å². The van der Waals surface area contributed by atoms with E-state index in [0.29, 0.717) is 23.8 Å². The maximum absolute atomic E-state index is 5.55. The average molecular weight is 376 g/mol. The quantitative estimate of drug-likeness (QED) is 0.420. The zero-order valence-electron chi connectivity index (χ0n) is 16.3. The molecule has 0 spiro atoms. The van der Waals surface area contributed by atoms with Crippen LogP contribution in [0.15, 0.2) is 77.9 Å². The van der Waals surface area contributed by atoms with Crippen molar-refractivity contribution in [1.82, 2.24) is 0 Å². The summed E-state index contributed by atoms with van der Waals surface area (Å²) in [5.74, 6) is 1.74. The number of rotatable bonds is 8. The van der Waals surface area contributed by atoms with Crippen LogP contribution in [-0.2, 0) is 6.54 Å². The number of para-hydroxylation sites is 1. The molecule has 0 amide bonds. The van der Waals surface area contributed by atoms with E-state index in [0.717, 1.165) is 11.3 Å².